The molecule has 130 valence electrons. The van der Waals surface area contributed by atoms with Gasteiger partial charge in [-0.1, -0.05) is 12.8 Å². The Hall–Kier alpha value is -1.56. The van der Waals surface area contributed by atoms with Crippen molar-refractivity contribution in [3.05, 3.63) is 18.0 Å². The minimum absolute atomic E-state index is 0.765. The first-order chi connectivity index (χ1) is 11.1. The first-order valence-electron chi connectivity index (χ1n) is 8.77. The number of guanidine groups is 1. The molecule has 6 heteroatoms. The fourth-order valence-electron chi connectivity index (χ4n) is 3.21. The van der Waals surface area contributed by atoms with Gasteiger partial charge >= 0.3 is 0 Å². The number of rotatable bonds is 7. The number of hydrogen-bond acceptors (Lipinski definition) is 3. The summed E-state index contributed by atoms with van der Waals surface area (Å²) in [5, 5.41) is 7.61. The van der Waals surface area contributed by atoms with Gasteiger partial charge in [0, 0.05) is 51.5 Å². The summed E-state index contributed by atoms with van der Waals surface area (Å²) in [7, 11) is 6.26. The second kappa shape index (κ2) is 8.91. The van der Waals surface area contributed by atoms with Crippen molar-refractivity contribution >= 4 is 5.96 Å². The van der Waals surface area contributed by atoms with Gasteiger partial charge in [0.15, 0.2) is 5.96 Å². The summed E-state index contributed by atoms with van der Waals surface area (Å²) in [5.41, 5.74) is 1.20. The van der Waals surface area contributed by atoms with E-state index in [1.807, 2.05) is 24.1 Å². The van der Waals surface area contributed by atoms with Gasteiger partial charge in [-0.3, -0.25) is 9.67 Å². The van der Waals surface area contributed by atoms with Crippen molar-refractivity contribution in [1.82, 2.24) is 24.9 Å². The summed E-state index contributed by atoms with van der Waals surface area (Å²) in [5.74, 6) is 0.969. The fourth-order valence-corrected chi connectivity index (χ4v) is 3.21. The first-order valence-corrected chi connectivity index (χ1v) is 8.77. The van der Waals surface area contributed by atoms with Gasteiger partial charge in [0.05, 0.1) is 12.7 Å². The minimum Gasteiger partial charge on any atom is -0.357 e. The molecule has 0 unspecified atom stereocenters. The molecule has 0 bridgehead atoms. The normalized spacial score (nSPS) is 16.3. The number of nitrogens with zero attached hydrogens (tertiary/aromatic N) is 5. The molecule has 1 aliphatic carbocycles. The summed E-state index contributed by atoms with van der Waals surface area (Å²) in [6, 6.07) is 0.765. The van der Waals surface area contributed by atoms with Crippen LogP contribution in [-0.2, 0) is 13.6 Å². The van der Waals surface area contributed by atoms with E-state index < -0.39 is 0 Å². The molecule has 0 radical (unpaired) electrons. The number of aryl methyl sites for hydroxylation is 1. The highest BCUT2D eigenvalue weighted by Crippen LogP contribution is 2.21. The van der Waals surface area contributed by atoms with E-state index in [9.17, 15) is 0 Å². The van der Waals surface area contributed by atoms with Gasteiger partial charge in [-0.25, -0.2) is 0 Å². The molecule has 0 atom stereocenters. The minimum atomic E-state index is 0.765. The van der Waals surface area contributed by atoms with E-state index in [-0.39, 0.29) is 0 Å². The Balaban J connectivity index is 1.85. The maximum absolute atomic E-state index is 4.79. The first kappa shape index (κ1) is 17.8. The quantitative estimate of drug-likeness (QED) is 0.613. The monoisotopic (exact) mass is 320 g/mol. The lowest BCUT2D eigenvalue weighted by atomic mass is 10.2. The third-order valence-electron chi connectivity index (χ3n) is 4.54. The van der Waals surface area contributed by atoms with Crippen molar-refractivity contribution in [2.75, 3.05) is 33.7 Å². The van der Waals surface area contributed by atoms with Crippen LogP contribution < -0.4 is 5.32 Å². The molecular formula is C17H32N6. The molecule has 1 fully saturated rings. The Labute approximate surface area is 140 Å². The van der Waals surface area contributed by atoms with Crippen LogP contribution in [0.25, 0.3) is 0 Å². The highest BCUT2D eigenvalue weighted by molar-refractivity contribution is 5.79. The van der Waals surface area contributed by atoms with Crippen LogP contribution in [-0.4, -0.2) is 65.3 Å². The molecule has 6 nitrogen and oxygen atoms in total. The van der Waals surface area contributed by atoms with Crippen LogP contribution in [0, 0.1) is 0 Å². The van der Waals surface area contributed by atoms with E-state index in [1.165, 1.54) is 31.2 Å². The largest absolute Gasteiger partial charge is 0.357 e. The number of likely N-dealkylation sites (N-methyl/N-ethyl adjacent to an activating group) is 1. The van der Waals surface area contributed by atoms with Crippen LogP contribution in [0.2, 0.25) is 0 Å². The lowest BCUT2D eigenvalue weighted by Crippen LogP contribution is -2.39. The van der Waals surface area contributed by atoms with Crippen molar-refractivity contribution in [1.29, 1.82) is 0 Å². The molecule has 0 spiro atoms. The second-order valence-corrected chi connectivity index (χ2v) is 6.53. The zero-order chi connectivity index (χ0) is 16.7. The number of nitrogens with one attached hydrogen (secondary N) is 1. The van der Waals surface area contributed by atoms with Gasteiger partial charge < -0.3 is 15.1 Å². The topological polar surface area (TPSA) is 48.7 Å². The molecule has 23 heavy (non-hydrogen) atoms. The van der Waals surface area contributed by atoms with Gasteiger partial charge in [0.2, 0.25) is 0 Å². The van der Waals surface area contributed by atoms with Crippen molar-refractivity contribution in [2.45, 2.75) is 45.2 Å². The SMILES string of the molecule is CCNC(=NCCN(C)C1CCCC1)N(C)Cc1cnn(C)c1. The summed E-state index contributed by atoms with van der Waals surface area (Å²) in [6.07, 6.45) is 9.42. The van der Waals surface area contributed by atoms with Gasteiger partial charge in [0.25, 0.3) is 0 Å². The Morgan fingerprint density at radius 1 is 1.39 bits per heavy atom. The number of aliphatic imine (C=N–C) groups is 1. The lowest BCUT2D eigenvalue weighted by molar-refractivity contribution is 0.252. The van der Waals surface area contributed by atoms with Crippen molar-refractivity contribution in [3.63, 3.8) is 0 Å². The van der Waals surface area contributed by atoms with Crippen molar-refractivity contribution in [3.8, 4) is 0 Å². The predicted molar refractivity (Wildman–Crippen MR) is 95.5 cm³/mol. The van der Waals surface area contributed by atoms with Gasteiger partial charge in [0.1, 0.15) is 0 Å². The van der Waals surface area contributed by atoms with Crippen molar-refractivity contribution < 1.29 is 0 Å². The molecular weight excluding hydrogens is 288 g/mol. The maximum atomic E-state index is 4.79. The maximum Gasteiger partial charge on any atom is 0.194 e. The Morgan fingerprint density at radius 2 is 2.13 bits per heavy atom. The van der Waals surface area contributed by atoms with E-state index in [2.05, 4.69) is 41.2 Å². The predicted octanol–water partition coefficient (Wildman–Crippen LogP) is 1.69. The number of aromatic nitrogens is 2. The molecule has 2 rings (SSSR count). The smallest absolute Gasteiger partial charge is 0.194 e. The molecule has 0 saturated heterocycles. The molecule has 1 aliphatic rings. The highest BCUT2D eigenvalue weighted by Gasteiger charge is 2.18. The Bertz CT molecular complexity index is 489. The third kappa shape index (κ3) is 5.53. The standard InChI is InChI=1S/C17H32N6/c1-5-18-17(22(3)13-15-12-20-23(4)14-15)19-10-11-21(2)16-8-6-7-9-16/h12,14,16H,5-11,13H2,1-4H3,(H,18,19). The molecule has 1 aromatic heterocycles. The molecule has 0 aromatic carbocycles. The van der Waals surface area contributed by atoms with Crippen LogP contribution >= 0.6 is 0 Å². The zero-order valence-electron chi connectivity index (χ0n) is 15.1. The van der Waals surface area contributed by atoms with E-state index >= 15 is 0 Å². The lowest BCUT2D eigenvalue weighted by Gasteiger charge is -2.24. The van der Waals surface area contributed by atoms with Crippen LogP contribution in [0.4, 0.5) is 0 Å². The summed E-state index contributed by atoms with van der Waals surface area (Å²) < 4.78 is 1.84. The van der Waals surface area contributed by atoms with Gasteiger partial charge in [-0.05, 0) is 26.8 Å². The van der Waals surface area contributed by atoms with E-state index in [1.54, 1.807) is 0 Å². The molecule has 0 amide bonds. The molecule has 1 N–H and O–H groups in total. The van der Waals surface area contributed by atoms with Crippen LogP contribution in [0.1, 0.15) is 38.2 Å². The summed E-state index contributed by atoms with van der Waals surface area (Å²) >= 11 is 0. The molecule has 0 aliphatic heterocycles. The fraction of sp³-hybridized carbons (Fsp3) is 0.765. The van der Waals surface area contributed by atoms with Gasteiger partial charge in [-0.15, -0.1) is 0 Å². The van der Waals surface area contributed by atoms with Crippen LogP contribution in [0.3, 0.4) is 0 Å². The second-order valence-electron chi connectivity index (χ2n) is 6.53. The Kier molecular flexibility index (Phi) is 6.89. The average Bonchev–Trinajstić information content (AvgIpc) is 3.18. The van der Waals surface area contributed by atoms with Crippen LogP contribution in [0.5, 0.6) is 0 Å². The van der Waals surface area contributed by atoms with Gasteiger partial charge in [-0.2, -0.15) is 5.10 Å². The molecule has 1 heterocycles. The molecule has 1 saturated carbocycles. The van der Waals surface area contributed by atoms with E-state index in [0.717, 1.165) is 38.2 Å². The summed E-state index contributed by atoms with van der Waals surface area (Å²) in [6.45, 7) is 5.68. The average molecular weight is 320 g/mol. The highest BCUT2D eigenvalue weighted by atomic mass is 15.3. The third-order valence-corrected chi connectivity index (χ3v) is 4.54. The summed E-state index contributed by atoms with van der Waals surface area (Å²) in [4.78, 5) is 9.43. The Morgan fingerprint density at radius 3 is 2.74 bits per heavy atom. The van der Waals surface area contributed by atoms with Crippen LogP contribution in [0.15, 0.2) is 17.4 Å². The number of hydrogen-bond donors (Lipinski definition) is 1. The molecule has 1 aromatic rings. The van der Waals surface area contributed by atoms with E-state index in [4.69, 9.17) is 4.99 Å². The zero-order valence-corrected chi connectivity index (χ0v) is 15.1. The van der Waals surface area contributed by atoms with Crippen molar-refractivity contribution in [2.24, 2.45) is 12.0 Å². The van der Waals surface area contributed by atoms with E-state index in [0.29, 0.717) is 0 Å².